The van der Waals surface area contributed by atoms with E-state index in [1.807, 2.05) is 42.0 Å². The van der Waals surface area contributed by atoms with Gasteiger partial charge in [-0.25, -0.2) is 4.98 Å². The lowest BCUT2D eigenvalue weighted by molar-refractivity contribution is -0.120. The van der Waals surface area contributed by atoms with Gasteiger partial charge in [-0.15, -0.1) is 0 Å². The molecule has 1 aliphatic heterocycles. The molecule has 0 N–H and O–H groups in total. The number of aryl methyl sites for hydroxylation is 1. The van der Waals surface area contributed by atoms with Gasteiger partial charge < -0.3 is 23.8 Å². The summed E-state index contributed by atoms with van der Waals surface area (Å²) >= 11 is 0. The molecule has 2 atom stereocenters. The summed E-state index contributed by atoms with van der Waals surface area (Å²) in [5.41, 5.74) is 2.46. The van der Waals surface area contributed by atoms with Crippen LogP contribution >= 0.6 is 0 Å². The van der Waals surface area contributed by atoms with Crippen LogP contribution in [0.1, 0.15) is 43.4 Å². The van der Waals surface area contributed by atoms with E-state index in [0.717, 1.165) is 54.3 Å². The van der Waals surface area contributed by atoms with E-state index in [-0.39, 0.29) is 0 Å². The molecule has 2 unspecified atom stereocenters. The summed E-state index contributed by atoms with van der Waals surface area (Å²) < 4.78 is 12.9. The van der Waals surface area contributed by atoms with Crippen LogP contribution in [0.4, 0.5) is 0 Å². The van der Waals surface area contributed by atoms with E-state index in [4.69, 9.17) is 14.3 Å². The lowest BCUT2D eigenvalue weighted by atomic mass is 10.0. The number of imidazole rings is 1. The quantitative estimate of drug-likeness (QED) is 0.550. The summed E-state index contributed by atoms with van der Waals surface area (Å²) in [5, 5.41) is 4.49. The van der Waals surface area contributed by atoms with E-state index in [1.165, 1.54) is 0 Å². The second-order valence-corrected chi connectivity index (χ2v) is 9.55. The van der Waals surface area contributed by atoms with Gasteiger partial charge in [-0.2, -0.15) is 0 Å². The average molecular weight is 465 g/mol. The van der Waals surface area contributed by atoms with Crippen LogP contribution in [0.3, 0.4) is 0 Å². The number of ketones is 1. The molecule has 180 valence electrons. The molecule has 8 heteroatoms. The number of hydrogen-bond acceptors (Lipinski definition) is 7. The number of nitrogens with zero attached hydrogens (tertiary/aromatic N) is 4. The van der Waals surface area contributed by atoms with Gasteiger partial charge in [0.25, 0.3) is 0 Å². The highest BCUT2D eigenvalue weighted by Crippen LogP contribution is 2.52. The third-order valence-corrected chi connectivity index (χ3v) is 7.23. The van der Waals surface area contributed by atoms with E-state index in [2.05, 4.69) is 21.1 Å². The van der Waals surface area contributed by atoms with Crippen molar-refractivity contribution in [3.05, 3.63) is 48.1 Å². The number of aromatic nitrogens is 2. The first-order valence-corrected chi connectivity index (χ1v) is 11.9. The normalized spacial score (nSPS) is 25.9. The Morgan fingerprint density at radius 1 is 1.21 bits per heavy atom. The molecular formula is C26H32N4O4. The number of hydrogen-bond donors (Lipinski definition) is 0. The summed E-state index contributed by atoms with van der Waals surface area (Å²) in [7, 11) is 3.40. The first kappa shape index (κ1) is 22.7. The minimum absolute atomic E-state index is 0.387. The number of carbonyl (C=O) groups excluding carboxylic acids is 1. The first-order chi connectivity index (χ1) is 16.5. The van der Waals surface area contributed by atoms with Crippen LogP contribution in [0, 0.1) is 18.8 Å². The highest BCUT2D eigenvalue weighted by atomic mass is 16.7. The minimum Gasteiger partial charge on any atom is -0.495 e. The standard InChI is InChI=1S/C26H32N4O4/c1-18-16-29(17-27-18)23-7-5-19(11-24(23)33-3)6-8-25-28-34-26(30(25)9-4-10-32-2)14-20-12-22(31)13-21(20)15-26/h5-8,11,16-17,20-21H,4,9-10,12-15H2,1-3H3. The molecule has 1 aromatic heterocycles. The Balaban J connectivity index is 1.35. The zero-order valence-corrected chi connectivity index (χ0v) is 20.1. The van der Waals surface area contributed by atoms with Crippen LogP contribution in [-0.2, 0) is 14.4 Å². The van der Waals surface area contributed by atoms with Crippen LogP contribution in [0.2, 0.25) is 0 Å². The maximum absolute atomic E-state index is 11.9. The van der Waals surface area contributed by atoms with Gasteiger partial charge in [0.1, 0.15) is 11.5 Å². The molecule has 2 heterocycles. The highest BCUT2D eigenvalue weighted by molar-refractivity contribution is 5.97. The van der Waals surface area contributed by atoms with Crippen molar-refractivity contribution in [1.82, 2.24) is 14.5 Å². The van der Waals surface area contributed by atoms with Gasteiger partial charge in [0.15, 0.2) is 5.84 Å². The lowest BCUT2D eigenvalue weighted by Crippen LogP contribution is -2.47. The van der Waals surface area contributed by atoms with Gasteiger partial charge in [0.2, 0.25) is 5.72 Å². The van der Waals surface area contributed by atoms with Gasteiger partial charge in [-0.3, -0.25) is 4.79 Å². The number of Topliss-reactive ketones (excluding diaryl/α,β-unsaturated/α-hetero) is 1. The zero-order chi connectivity index (χ0) is 23.7. The fourth-order valence-electron chi connectivity index (χ4n) is 5.66. The summed E-state index contributed by atoms with van der Waals surface area (Å²) in [6, 6.07) is 6.09. The molecule has 0 amide bonds. The largest absolute Gasteiger partial charge is 0.495 e. The maximum Gasteiger partial charge on any atom is 0.212 e. The number of oxime groups is 1. The van der Waals surface area contributed by atoms with Crippen molar-refractivity contribution in [2.45, 2.75) is 44.8 Å². The average Bonchev–Trinajstić information content (AvgIpc) is 3.57. The lowest BCUT2D eigenvalue weighted by Gasteiger charge is -2.34. The predicted molar refractivity (Wildman–Crippen MR) is 129 cm³/mol. The van der Waals surface area contributed by atoms with Crippen LogP contribution in [0.25, 0.3) is 11.8 Å². The van der Waals surface area contributed by atoms with E-state index in [9.17, 15) is 4.79 Å². The number of ether oxygens (including phenoxy) is 2. The number of methoxy groups -OCH3 is 2. The van der Waals surface area contributed by atoms with E-state index < -0.39 is 5.72 Å². The molecule has 1 aromatic carbocycles. The monoisotopic (exact) mass is 464 g/mol. The second-order valence-electron chi connectivity index (χ2n) is 9.55. The topological polar surface area (TPSA) is 78.2 Å². The molecular weight excluding hydrogens is 432 g/mol. The van der Waals surface area contributed by atoms with Crippen LogP contribution in [0.5, 0.6) is 5.75 Å². The zero-order valence-electron chi connectivity index (χ0n) is 20.1. The SMILES string of the molecule is COCCCN1C(C=Cc2ccc(-n3cnc(C)c3)c(OC)c2)=NOC12CC1CC(=O)CC1C2. The Kier molecular flexibility index (Phi) is 6.16. The van der Waals surface area contributed by atoms with Crippen molar-refractivity contribution >= 4 is 17.7 Å². The van der Waals surface area contributed by atoms with Crippen molar-refractivity contribution in [2.75, 3.05) is 27.4 Å². The van der Waals surface area contributed by atoms with Gasteiger partial charge >= 0.3 is 0 Å². The summed E-state index contributed by atoms with van der Waals surface area (Å²) in [4.78, 5) is 24.6. The molecule has 0 radical (unpaired) electrons. The summed E-state index contributed by atoms with van der Waals surface area (Å²) in [6.07, 6.45) is 11.7. The number of rotatable bonds is 8. The van der Waals surface area contributed by atoms with Gasteiger partial charge in [-0.05, 0) is 49.0 Å². The van der Waals surface area contributed by atoms with E-state index in [0.29, 0.717) is 37.1 Å². The fraction of sp³-hybridized carbons (Fsp3) is 0.500. The van der Waals surface area contributed by atoms with E-state index >= 15 is 0 Å². The van der Waals surface area contributed by atoms with Crippen molar-refractivity contribution in [3.63, 3.8) is 0 Å². The molecule has 8 nitrogen and oxygen atoms in total. The van der Waals surface area contributed by atoms with Crippen LogP contribution in [0.15, 0.2) is 42.0 Å². The highest BCUT2D eigenvalue weighted by Gasteiger charge is 2.56. The Morgan fingerprint density at radius 2 is 2.00 bits per heavy atom. The molecule has 2 fully saturated rings. The molecule has 0 bridgehead atoms. The predicted octanol–water partition coefficient (Wildman–Crippen LogP) is 3.97. The van der Waals surface area contributed by atoms with E-state index in [1.54, 1.807) is 20.5 Å². The summed E-state index contributed by atoms with van der Waals surface area (Å²) in [5.74, 6) is 2.78. The van der Waals surface area contributed by atoms with Crippen molar-refractivity contribution < 1.29 is 19.1 Å². The minimum atomic E-state index is -0.440. The first-order valence-electron chi connectivity index (χ1n) is 11.9. The van der Waals surface area contributed by atoms with Crippen LogP contribution < -0.4 is 4.74 Å². The van der Waals surface area contributed by atoms with Crippen molar-refractivity contribution in [2.24, 2.45) is 17.0 Å². The molecule has 5 rings (SSSR count). The third kappa shape index (κ3) is 4.22. The molecule has 1 spiro atoms. The third-order valence-electron chi connectivity index (χ3n) is 7.23. The smallest absolute Gasteiger partial charge is 0.212 e. The molecule has 0 saturated heterocycles. The Bertz CT molecular complexity index is 1110. The summed E-state index contributed by atoms with van der Waals surface area (Å²) in [6.45, 7) is 3.44. The van der Waals surface area contributed by atoms with Crippen molar-refractivity contribution in [3.8, 4) is 11.4 Å². The molecule has 3 aliphatic rings. The van der Waals surface area contributed by atoms with Gasteiger partial charge in [0.05, 0.1) is 24.8 Å². The molecule has 34 heavy (non-hydrogen) atoms. The maximum atomic E-state index is 11.9. The number of fused-ring (bicyclic) bond motifs is 1. The molecule has 2 saturated carbocycles. The second kappa shape index (κ2) is 9.25. The number of amidine groups is 1. The van der Waals surface area contributed by atoms with Crippen molar-refractivity contribution in [1.29, 1.82) is 0 Å². The Morgan fingerprint density at radius 3 is 2.68 bits per heavy atom. The Hall–Kier alpha value is -3.13. The molecule has 2 aliphatic carbocycles. The van der Waals surface area contributed by atoms with Crippen LogP contribution in [-0.4, -0.2) is 59.2 Å². The number of carbonyl (C=O) groups is 1. The Labute approximate surface area is 200 Å². The number of benzene rings is 1. The fourth-order valence-corrected chi connectivity index (χ4v) is 5.66. The molecule has 2 aromatic rings. The van der Waals surface area contributed by atoms with Gasteiger partial charge in [-0.1, -0.05) is 17.3 Å². The van der Waals surface area contributed by atoms with Gasteiger partial charge in [0, 0.05) is 52.1 Å².